The van der Waals surface area contributed by atoms with E-state index < -0.39 is 9.28 Å². The highest BCUT2D eigenvalue weighted by atomic mass is 35.5. The summed E-state index contributed by atoms with van der Waals surface area (Å²) in [6.45, 7) is 6.64. The molecule has 1 atom stereocenters. The first-order valence-corrected chi connectivity index (χ1v) is 14.5. The molecular formula is C25H56ClNO2Si. The van der Waals surface area contributed by atoms with Crippen LogP contribution in [0.5, 0.6) is 0 Å². The van der Waals surface area contributed by atoms with Crippen molar-refractivity contribution < 1.29 is 8.85 Å². The molecule has 0 amide bonds. The molecule has 0 heterocycles. The van der Waals surface area contributed by atoms with Crippen LogP contribution in [0.25, 0.3) is 0 Å². The van der Waals surface area contributed by atoms with Crippen LogP contribution in [0.4, 0.5) is 0 Å². The fourth-order valence-corrected chi connectivity index (χ4v) is 5.68. The maximum absolute atomic E-state index is 6.32. The molecule has 0 bridgehead atoms. The van der Waals surface area contributed by atoms with Gasteiger partial charge < -0.3 is 14.6 Å². The van der Waals surface area contributed by atoms with E-state index in [-0.39, 0.29) is 17.9 Å². The molecule has 0 spiro atoms. The van der Waals surface area contributed by atoms with Gasteiger partial charge in [-0.05, 0) is 32.2 Å². The Kier molecular flexibility index (Phi) is 24.5. The molecule has 0 aliphatic rings. The number of rotatable bonds is 22. The molecule has 0 aromatic carbocycles. The van der Waals surface area contributed by atoms with E-state index >= 15 is 0 Å². The van der Waals surface area contributed by atoms with Crippen molar-refractivity contribution in [2.45, 2.75) is 142 Å². The molecule has 30 heavy (non-hydrogen) atoms. The van der Waals surface area contributed by atoms with Gasteiger partial charge in [0.15, 0.2) is 0 Å². The molecule has 3 nitrogen and oxygen atoms in total. The van der Waals surface area contributed by atoms with Crippen LogP contribution in [0.2, 0.25) is 6.04 Å². The fourth-order valence-electron chi connectivity index (χ4n) is 4.45. The lowest BCUT2D eigenvalue weighted by atomic mass is 9.85. The van der Waals surface area contributed by atoms with E-state index in [1.807, 2.05) is 0 Å². The van der Waals surface area contributed by atoms with Gasteiger partial charge in [0.05, 0.1) is 0 Å². The van der Waals surface area contributed by atoms with Gasteiger partial charge in [-0.2, -0.15) is 0 Å². The molecule has 0 fully saturated rings. The van der Waals surface area contributed by atoms with Crippen LogP contribution in [0.1, 0.15) is 130 Å². The Balaban J connectivity index is 0. The Bertz CT molecular complexity index is 336. The standard InChI is InChI=1S/C25H55NO2Si.ClH/c1-6-7-8-9-10-11-12-13-14-15-16-17-18-20-24(23-25(2,3)26)21-19-22-29(27-4)28-5;/h24,29H,6-23,26H2,1-5H3;1H. The lowest BCUT2D eigenvalue weighted by molar-refractivity contribution is 0.271. The minimum absolute atomic E-state index is 0. The van der Waals surface area contributed by atoms with Gasteiger partial charge in [0.2, 0.25) is 0 Å². The van der Waals surface area contributed by atoms with Crippen molar-refractivity contribution >= 4 is 21.7 Å². The van der Waals surface area contributed by atoms with Gasteiger partial charge >= 0.3 is 9.28 Å². The second kappa shape index (κ2) is 22.6. The van der Waals surface area contributed by atoms with Crippen molar-refractivity contribution in [2.24, 2.45) is 11.7 Å². The van der Waals surface area contributed by atoms with E-state index in [1.54, 1.807) is 14.2 Å². The topological polar surface area (TPSA) is 44.5 Å². The van der Waals surface area contributed by atoms with Crippen LogP contribution in [-0.2, 0) is 8.85 Å². The Hall–Kier alpha value is 0.387. The Morgan fingerprint density at radius 2 is 1.10 bits per heavy atom. The quantitative estimate of drug-likeness (QED) is 0.130. The summed E-state index contributed by atoms with van der Waals surface area (Å²) in [5.41, 5.74) is 6.27. The maximum Gasteiger partial charge on any atom is 0.320 e. The lowest BCUT2D eigenvalue weighted by Crippen LogP contribution is -2.34. The Labute approximate surface area is 197 Å². The summed E-state index contributed by atoms with van der Waals surface area (Å²) in [5.74, 6) is 0.756. The zero-order valence-electron chi connectivity index (χ0n) is 21.2. The van der Waals surface area contributed by atoms with Crippen LogP contribution in [0.15, 0.2) is 0 Å². The van der Waals surface area contributed by atoms with Crippen molar-refractivity contribution in [1.82, 2.24) is 0 Å². The largest absolute Gasteiger partial charge is 0.400 e. The Morgan fingerprint density at radius 1 is 0.700 bits per heavy atom. The van der Waals surface area contributed by atoms with Crippen LogP contribution >= 0.6 is 12.4 Å². The van der Waals surface area contributed by atoms with E-state index in [0.717, 1.165) is 18.4 Å². The van der Waals surface area contributed by atoms with Crippen molar-refractivity contribution in [2.75, 3.05) is 14.2 Å². The van der Waals surface area contributed by atoms with Gasteiger partial charge in [0.25, 0.3) is 0 Å². The molecule has 0 aliphatic carbocycles. The smallest absolute Gasteiger partial charge is 0.320 e. The van der Waals surface area contributed by atoms with Crippen molar-refractivity contribution in [1.29, 1.82) is 0 Å². The van der Waals surface area contributed by atoms with Crippen molar-refractivity contribution in [3.63, 3.8) is 0 Å². The minimum atomic E-state index is -1.40. The van der Waals surface area contributed by atoms with Gasteiger partial charge in [-0.1, -0.05) is 110 Å². The summed E-state index contributed by atoms with van der Waals surface area (Å²) in [7, 11) is 2.17. The van der Waals surface area contributed by atoms with Crippen molar-refractivity contribution in [3.05, 3.63) is 0 Å². The monoisotopic (exact) mass is 465 g/mol. The molecule has 0 aliphatic heterocycles. The molecule has 5 heteroatoms. The van der Waals surface area contributed by atoms with E-state index in [9.17, 15) is 0 Å². The van der Waals surface area contributed by atoms with Gasteiger partial charge in [-0.25, -0.2) is 0 Å². The molecule has 0 radical (unpaired) electrons. The van der Waals surface area contributed by atoms with E-state index in [1.165, 1.54) is 103 Å². The van der Waals surface area contributed by atoms with Crippen LogP contribution in [0, 0.1) is 5.92 Å². The number of unbranched alkanes of at least 4 members (excludes halogenated alkanes) is 12. The third kappa shape index (κ3) is 23.1. The molecule has 2 N–H and O–H groups in total. The minimum Gasteiger partial charge on any atom is -0.400 e. The normalized spacial score (nSPS) is 12.9. The first-order chi connectivity index (χ1) is 13.9. The zero-order valence-corrected chi connectivity index (χ0v) is 23.2. The van der Waals surface area contributed by atoms with Crippen LogP contribution in [-0.4, -0.2) is 29.0 Å². The highest BCUT2D eigenvalue weighted by Gasteiger charge is 2.19. The molecule has 184 valence electrons. The predicted molar refractivity (Wildman–Crippen MR) is 139 cm³/mol. The predicted octanol–water partition coefficient (Wildman–Crippen LogP) is 7.93. The summed E-state index contributed by atoms with van der Waals surface area (Å²) in [6.07, 6.45) is 23.5. The fraction of sp³-hybridized carbons (Fsp3) is 1.00. The molecule has 0 saturated heterocycles. The first-order valence-electron chi connectivity index (χ1n) is 12.8. The van der Waals surface area contributed by atoms with Gasteiger partial charge in [0.1, 0.15) is 0 Å². The average molecular weight is 466 g/mol. The molecule has 0 rings (SSSR count). The zero-order chi connectivity index (χ0) is 21.8. The molecule has 1 unspecified atom stereocenters. The third-order valence-electron chi connectivity index (χ3n) is 6.11. The van der Waals surface area contributed by atoms with Crippen LogP contribution in [0.3, 0.4) is 0 Å². The second-order valence-corrected chi connectivity index (χ2v) is 12.3. The number of nitrogens with two attached hydrogens (primary N) is 1. The van der Waals surface area contributed by atoms with E-state index in [0.29, 0.717) is 0 Å². The second-order valence-electron chi connectivity index (χ2n) is 9.92. The molecule has 0 saturated carbocycles. The summed E-state index contributed by atoms with van der Waals surface area (Å²) >= 11 is 0. The number of halogens is 1. The summed E-state index contributed by atoms with van der Waals surface area (Å²) in [5, 5.41) is 0. The third-order valence-corrected chi connectivity index (χ3v) is 8.04. The number of hydrogen-bond acceptors (Lipinski definition) is 3. The van der Waals surface area contributed by atoms with E-state index in [2.05, 4.69) is 20.8 Å². The summed E-state index contributed by atoms with van der Waals surface area (Å²) < 4.78 is 10.9. The SMILES string of the molecule is CCCCCCCCCCCCCCCC(CCC[SiH](OC)OC)CC(C)(C)N.Cl. The Morgan fingerprint density at radius 3 is 1.50 bits per heavy atom. The number of hydrogen-bond donors (Lipinski definition) is 1. The highest BCUT2D eigenvalue weighted by molar-refractivity contribution is 6.44. The summed E-state index contributed by atoms with van der Waals surface area (Å²) in [6, 6.07) is 1.12. The highest BCUT2D eigenvalue weighted by Crippen LogP contribution is 2.26. The van der Waals surface area contributed by atoms with Gasteiger partial charge in [0, 0.05) is 19.8 Å². The van der Waals surface area contributed by atoms with E-state index in [4.69, 9.17) is 14.6 Å². The molecular weight excluding hydrogens is 410 g/mol. The maximum atomic E-state index is 6.32. The lowest BCUT2D eigenvalue weighted by Gasteiger charge is -2.26. The summed E-state index contributed by atoms with van der Waals surface area (Å²) in [4.78, 5) is 0. The van der Waals surface area contributed by atoms with Crippen molar-refractivity contribution in [3.8, 4) is 0 Å². The van der Waals surface area contributed by atoms with Gasteiger partial charge in [-0.15, -0.1) is 12.4 Å². The van der Waals surface area contributed by atoms with Gasteiger partial charge in [-0.3, -0.25) is 0 Å². The molecule has 0 aromatic rings. The molecule has 0 aromatic heterocycles. The van der Waals surface area contributed by atoms with Crippen LogP contribution < -0.4 is 5.73 Å². The average Bonchev–Trinajstić information content (AvgIpc) is 2.67. The first kappa shape index (κ1) is 32.6.